The number of rotatable bonds is 7. The summed E-state index contributed by atoms with van der Waals surface area (Å²) in [5, 5.41) is 3.58. The minimum Gasteiger partial charge on any atom is -0.383 e. The molecule has 2 unspecified atom stereocenters. The second kappa shape index (κ2) is 6.69. The van der Waals surface area contributed by atoms with Crippen LogP contribution in [0.15, 0.2) is 0 Å². The molecule has 0 aliphatic carbocycles. The third kappa shape index (κ3) is 4.54. The largest absolute Gasteiger partial charge is 0.383 e. The summed E-state index contributed by atoms with van der Waals surface area (Å²) >= 11 is 0. The van der Waals surface area contributed by atoms with E-state index in [2.05, 4.69) is 31.0 Å². The molecule has 17 heavy (non-hydrogen) atoms. The fourth-order valence-electron chi connectivity index (χ4n) is 2.66. The molecule has 1 heterocycles. The quantitative estimate of drug-likeness (QED) is 0.727. The van der Waals surface area contributed by atoms with Crippen LogP contribution in [-0.4, -0.2) is 63.0 Å². The van der Waals surface area contributed by atoms with Crippen LogP contribution >= 0.6 is 0 Å². The van der Waals surface area contributed by atoms with Gasteiger partial charge in [0.25, 0.3) is 0 Å². The topological polar surface area (TPSA) is 33.7 Å². The van der Waals surface area contributed by atoms with Gasteiger partial charge in [0.05, 0.1) is 13.2 Å². The fourth-order valence-corrected chi connectivity index (χ4v) is 2.66. The first kappa shape index (κ1) is 14.9. The Morgan fingerprint density at radius 2 is 2.06 bits per heavy atom. The van der Waals surface area contributed by atoms with E-state index in [0.29, 0.717) is 12.1 Å². The van der Waals surface area contributed by atoms with Crippen LogP contribution in [0.3, 0.4) is 0 Å². The molecule has 0 bridgehead atoms. The smallest absolute Gasteiger partial charge is 0.0615 e. The zero-order chi connectivity index (χ0) is 12.9. The van der Waals surface area contributed by atoms with E-state index in [4.69, 9.17) is 9.47 Å². The van der Waals surface area contributed by atoms with Crippen LogP contribution in [0, 0.1) is 0 Å². The molecule has 4 nitrogen and oxygen atoms in total. The molecule has 0 spiro atoms. The number of hydrogen-bond acceptors (Lipinski definition) is 4. The highest BCUT2D eigenvalue weighted by atomic mass is 16.5. The molecule has 1 N–H and O–H groups in total. The summed E-state index contributed by atoms with van der Waals surface area (Å²) in [6, 6.07) is 1.03. The SMILES string of the molecule is COCCN(C(C)COC)C1CNC(C)(C)C1. The van der Waals surface area contributed by atoms with E-state index in [0.717, 1.165) is 26.3 Å². The molecule has 0 radical (unpaired) electrons. The van der Waals surface area contributed by atoms with Gasteiger partial charge in [0.2, 0.25) is 0 Å². The van der Waals surface area contributed by atoms with E-state index in [1.807, 2.05) is 0 Å². The summed E-state index contributed by atoms with van der Waals surface area (Å²) in [4.78, 5) is 2.51. The van der Waals surface area contributed by atoms with Gasteiger partial charge in [0.15, 0.2) is 0 Å². The van der Waals surface area contributed by atoms with Crippen LogP contribution in [-0.2, 0) is 9.47 Å². The molecule has 1 aliphatic rings. The van der Waals surface area contributed by atoms with Crippen molar-refractivity contribution in [3.8, 4) is 0 Å². The summed E-state index contributed by atoms with van der Waals surface area (Å²) in [5.74, 6) is 0. The van der Waals surface area contributed by atoms with Gasteiger partial charge in [0, 0.05) is 44.9 Å². The first-order valence-electron chi connectivity index (χ1n) is 6.49. The third-order valence-electron chi connectivity index (χ3n) is 3.56. The lowest BCUT2D eigenvalue weighted by molar-refractivity contribution is 0.0505. The van der Waals surface area contributed by atoms with Gasteiger partial charge < -0.3 is 14.8 Å². The molecule has 1 saturated heterocycles. The Labute approximate surface area is 106 Å². The molecule has 1 rings (SSSR count). The molecule has 1 aliphatic heterocycles. The van der Waals surface area contributed by atoms with Crippen molar-refractivity contribution in [3.05, 3.63) is 0 Å². The molecular formula is C13H28N2O2. The summed E-state index contributed by atoms with van der Waals surface area (Å²) in [7, 11) is 3.53. The maximum Gasteiger partial charge on any atom is 0.0615 e. The van der Waals surface area contributed by atoms with Crippen molar-refractivity contribution in [1.82, 2.24) is 10.2 Å². The Morgan fingerprint density at radius 1 is 1.35 bits per heavy atom. The molecule has 0 saturated carbocycles. The second-order valence-corrected chi connectivity index (χ2v) is 5.66. The number of nitrogens with one attached hydrogen (secondary N) is 1. The van der Waals surface area contributed by atoms with Crippen molar-refractivity contribution in [2.24, 2.45) is 0 Å². The molecular weight excluding hydrogens is 216 g/mol. The van der Waals surface area contributed by atoms with Gasteiger partial charge in [0.1, 0.15) is 0 Å². The normalized spacial score (nSPS) is 25.4. The van der Waals surface area contributed by atoms with Crippen molar-refractivity contribution in [1.29, 1.82) is 0 Å². The van der Waals surface area contributed by atoms with E-state index in [1.54, 1.807) is 14.2 Å². The predicted octanol–water partition coefficient (Wildman–Crippen LogP) is 1.11. The first-order chi connectivity index (χ1) is 8.00. The highest BCUT2D eigenvalue weighted by Gasteiger charge is 2.35. The Morgan fingerprint density at radius 3 is 2.53 bits per heavy atom. The summed E-state index contributed by atoms with van der Waals surface area (Å²) in [6.45, 7) is 10.4. The van der Waals surface area contributed by atoms with E-state index in [1.165, 1.54) is 6.42 Å². The lowest BCUT2D eigenvalue weighted by atomic mass is 10.00. The predicted molar refractivity (Wildman–Crippen MR) is 70.4 cm³/mol. The standard InChI is InChI=1S/C13H28N2O2/c1-11(10-17-5)15(6-7-16-4)12-8-13(2,3)14-9-12/h11-12,14H,6-10H2,1-5H3. The van der Waals surface area contributed by atoms with E-state index < -0.39 is 0 Å². The van der Waals surface area contributed by atoms with E-state index in [9.17, 15) is 0 Å². The van der Waals surface area contributed by atoms with Crippen molar-refractivity contribution < 1.29 is 9.47 Å². The van der Waals surface area contributed by atoms with E-state index >= 15 is 0 Å². The molecule has 2 atom stereocenters. The van der Waals surface area contributed by atoms with Crippen molar-refractivity contribution in [2.45, 2.75) is 44.8 Å². The van der Waals surface area contributed by atoms with Crippen LogP contribution in [0.5, 0.6) is 0 Å². The fraction of sp³-hybridized carbons (Fsp3) is 1.00. The number of methoxy groups -OCH3 is 2. The molecule has 0 aromatic heterocycles. The zero-order valence-electron chi connectivity index (χ0n) is 12.0. The molecule has 0 aromatic rings. The maximum atomic E-state index is 5.27. The van der Waals surface area contributed by atoms with Crippen molar-refractivity contribution >= 4 is 0 Å². The number of hydrogen-bond donors (Lipinski definition) is 1. The van der Waals surface area contributed by atoms with Gasteiger partial charge in [-0.15, -0.1) is 0 Å². The monoisotopic (exact) mass is 244 g/mol. The summed E-state index contributed by atoms with van der Waals surface area (Å²) in [6.07, 6.45) is 1.19. The average Bonchev–Trinajstić information content (AvgIpc) is 2.60. The van der Waals surface area contributed by atoms with Crippen LogP contribution < -0.4 is 5.32 Å². The molecule has 102 valence electrons. The van der Waals surface area contributed by atoms with Gasteiger partial charge in [-0.2, -0.15) is 0 Å². The highest BCUT2D eigenvalue weighted by Crippen LogP contribution is 2.23. The van der Waals surface area contributed by atoms with Crippen molar-refractivity contribution in [2.75, 3.05) is 40.5 Å². The second-order valence-electron chi connectivity index (χ2n) is 5.66. The number of ether oxygens (including phenoxy) is 2. The van der Waals surface area contributed by atoms with E-state index in [-0.39, 0.29) is 5.54 Å². The molecule has 4 heteroatoms. The maximum absolute atomic E-state index is 5.27. The zero-order valence-corrected chi connectivity index (χ0v) is 12.0. The van der Waals surface area contributed by atoms with Crippen molar-refractivity contribution in [3.63, 3.8) is 0 Å². The first-order valence-corrected chi connectivity index (χ1v) is 6.49. The van der Waals surface area contributed by atoms with Gasteiger partial charge in [-0.3, -0.25) is 4.90 Å². The van der Waals surface area contributed by atoms with Crippen LogP contribution in [0.2, 0.25) is 0 Å². The highest BCUT2D eigenvalue weighted by molar-refractivity contribution is 4.95. The molecule has 0 amide bonds. The molecule has 0 aromatic carbocycles. The average molecular weight is 244 g/mol. The Hall–Kier alpha value is -0.160. The minimum absolute atomic E-state index is 0.253. The lowest BCUT2D eigenvalue weighted by Crippen LogP contribution is -2.46. The summed E-state index contributed by atoms with van der Waals surface area (Å²) in [5.41, 5.74) is 0.253. The van der Waals surface area contributed by atoms with Crippen LogP contribution in [0.1, 0.15) is 27.2 Å². The van der Waals surface area contributed by atoms with Gasteiger partial charge >= 0.3 is 0 Å². The third-order valence-corrected chi connectivity index (χ3v) is 3.56. The lowest BCUT2D eigenvalue weighted by Gasteiger charge is -2.34. The number of nitrogens with zero attached hydrogens (tertiary/aromatic N) is 1. The summed E-state index contributed by atoms with van der Waals surface area (Å²) < 4.78 is 10.5. The minimum atomic E-state index is 0.253. The molecule has 1 fully saturated rings. The van der Waals surface area contributed by atoms with Gasteiger partial charge in [-0.1, -0.05) is 0 Å². The van der Waals surface area contributed by atoms with Crippen LogP contribution in [0.25, 0.3) is 0 Å². The van der Waals surface area contributed by atoms with Gasteiger partial charge in [-0.05, 0) is 27.2 Å². The Kier molecular flexibility index (Phi) is 5.86. The van der Waals surface area contributed by atoms with Crippen LogP contribution in [0.4, 0.5) is 0 Å². The van der Waals surface area contributed by atoms with Gasteiger partial charge in [-0.25, -0.2) is 0 Å². The Bertz CT molecular complexity index is 221. The Balaban J connectivity index is 2.56.